The first kappa shape index (κ1) is 23.4. The third kappa shape index (κ3) is 7.56. The Hall–Kier alpha value is -2.60. The zero-order valence-corrected chi connectivity index (χ0v) is 17.1. The number of benzene rings is 1. The molecule has 6 nitrogen and oxygen atoms in total. The van der Waals surface area contributed by atoms with E-state index in [2.05, 4.69) is 24.1 Å². The number of carboxylic acid groups (broad SMARTS) is 1. The van der Waals surface area contributed by atoms with Crippen LogP contribution in [0.5, 0.6) is 0 Å². The van der Waals surface area contributed by atoms with Crippen molar-refractivity contribution < 1.29 is 14.7 Å². The molecule has 0 saturated carbocycles. The molecular formula is C21H28ClN3O3. The van der Waals surface area contributed by atoms with E-state index >= 15 is 0 Å². The summed E-state index contributed by atoms with van der Waals surface area (Å²) in [5, 5.41) is 12.7. The molecule has 2 N–H and O–H groups in total. The van der Waals surface area contributed by atoms with Crippen LogP contribution in [0.25, 0.3) is 0 Å². The lowest BCUT2D eigenvalue weighted by Gasteiger charge is -2.29. The number of carbonyl (C=O) groups is 2. The minimum absolute atomic E-state index is 0. The Labute approximate surface area is 172 Å². The van der Waals surface area contributed by atoms with Crippen molar-refractivity contribution in [3.8, 4) is 0 Å². The number of halogens is 1. The van der Waals surface area contributed by atoms with Gasteiger partial charge in [-0.2, -0.15) is 0 Å². The van der Waals surface area contributed by atoms with Crippen LogP contribution in [0.15, 0.2) is 54.9 Å². The molecule has 0 aliphatic heterocycles. The van der Waals surface area contributed by atoms with Crippen molar-refractivity contribution in [3.63, 3.8) is 0 Å². The van der Waals surface area contributed by atoms with Gasteiger partial charge < -0.3 is 10.4 Å². The van der Waals surface area contributed by atoms with Gasteiger partial charge in [0.15, 0.2) is 0 Å². The summed E-state index contributed by atoms with van der Waals surface area (Å²) in [6.45, 7) is 4.83. The van der Waals surface area contributed by atoms with E-state index < -0.39 is 12.1 Å². The van der Waals surface area contributed by atoms with Gasteiger partial charge in [0, 0.05) is 31.9 Å². The number of hydrogen-bond donors (Lipinski definition) is 2. The van der Waals surface area contributed by atoms with Crippen molar-refractivity contribution in [2.45, 2.75) is 39.3 Å². The summed E-state index contributed by atoms with van der Waals surface area (Å²) in [6, 6.07) is 12.2. The van der Waals surface area contributed by atoms with Crippen LogP contribution < -0.4 is 5.32 Å². The average Bonchev–Trinajstić information content (AvgIpc) is 2.65. The van der Waals surface area contributed by atoms with Gasteiger partial charge in [0.1, 0.15) is 6.04 Å². The standard InChI is InChI=1S/C21H27N3O3.ClH/c1-16(2)8-13-23-20(25)19(14-17-6-4-3-5-7-17)24(21(26)27)15-18-9-11-22-12-10-18;/h3-7,9-12,16,19H,8,13-15H2,1-2H3,(H,23,25)(H,26,27);1H/t19-;/m0./s1. The third-order valence-corrected chi connectivity index (χ3v) is 4.32. The second kappa shape index (κ2) is 12.0. The Kier molecular flexibility index (Phi) is 10.0. The first-order chi connectivity index (χ1) is 13.0. The topological polar surface area (TPSA) is 82.5 Å². The van der Waals surface area contributed by atoms with Gasteiger partial charge in [0.2, 0.25) is 5.91 Å². The highest BCUT2D eigenvalue weighted by Crippen LogP contribution is 2.14. The molecule has 0 saturated heterocycles. The van der Waals surface area contributed by atoms with Gasteiger partial charge in [-0.1, -0.05) is 44.2 Å². The van der Waals surface area contributed by atoms with Crippen molar-refractivity contribution in [3.05, 3.63) is 66.0 Å². The van der Waals surface area contributed by atoms with E-state index in [1.807, 2.05) is 30.3 Å². The van der Waals surface area contributed by atoms with Crippen LogP contribution in [0.4, 0.5) is 4.79 Å². The minimum Gasteiger partial charge on any atom is -0.465 e. The lowest BCUT2D eigenvalue weighted by molar-refractivity contribution is -0.126. The van der Waals surface area contributed by atoms with Crippen molar-refractivity contribution in [2.24, 2.45) is 5.92 Å². The van der Waals surface area contributed by atoms with Gasteiger partial charge in [-0.3, -0.25) is 14.7 Å². The van der Waals surface area contributed by atoms with Crippen LogP contribution in [-0.4, -0.2) is 39.6 Å². The lowest BCUT2D eigenvalue weighted by Crippen LogP contribution is -2.50. The quantitative estimate of drug-likeness (QED) is 0.665. The van der Waals surface area contributed by atoms with Gasteiger partial charge in [-0.05, 0) is 35.6 Å². The molecule has 0 radical (unpaired) electrons. The molecule has 28 heavy (non-hydrogen) atoms. The average molecular weight is 406 g/mol. The molecule has 2 aromatic rings. The zero-order chi connectivity index (χ0) is 19.6. The fourth-order valence-corrected chi connectivity index (χ4v) is 2.78. The molecule has 2 amide bonds. The Bertz CT molecular complexity index is 726. The predicted octanol–water partition coefficient (Wildman–Crippen LogP) is 3.76. The summed E-state index contributed by atoms with van der Waals surface area (Å²) in [4.78, 5) is 29.9. The molecule has 0 aliphatic carbocycles. The molecule has 152 valence electrons. The molecule has 1 aromatic heterocycles. The van der Waals surface area contributed by atoms with E-state index in [0.29, 0.717) is 18.9 Å². The molecule has 0 unspecified atom stereocenters. The van der Waals surface area contributed by atoms with E-state index in [-0.39, 0.29) is 24.9 Å². The molecule has 0 aliphatic rings. The number of hydrogen-bond acceptors (Lipinski definition) is 3. The van der Waals surface area contributed by atoms with Gasteiger partial charge in [0.05, 0.1) is 0 Å². The van der Waals surface area contributed by atoms with Crippen LogP contribution in [0.1, 0.15) is 31.4 Å². The summed E-state index contributed by atoms with van der Waals surface area (Å²) in [5.41, 5.74) is 1.71. The number of nitrogens with one attached hydrogen (secondary N) is 1. The van der Waals surface area contributed by atoms with Gasteiger partial charge in [0.25, 0.3) is 0 Å². The molecule has 0 bridgehead atoms. The smallest absolute Gasteiger partial charge is 0.408 e. The molecule has 0 spiro atoms. The number of pyridine rings is 1. The predicted molar refractivity (Wildman–Crippen MR) is 111 cm³/mol. The van der Waals surface area contributed by atoms with Gasteiger partial charge >= 0.3 is 6.09 Å². The van der Waals surface area contributed by atoms with Crippen molar-refractivity contribution >= 4 is 24.4 Å². The van der Waals surface area contributed by atoms with Crippen LogP contribution in [-0.2, 0) is 17.8 Å². The maximum atomic E-state index is 12.8. The fraction of sp³-hybridized carbons (Fsp3) is 0.381. The number of carbonyl (C=O) groups excluding carboxylic acids is 1. The second-order valence-electron chi connectivity index (χ2n) is 6.95. The summed E-state index contributed by atoms with van der Waals surface area (Å²) in [5.74, 6) is 0.196. The van der Waals surface area contributed by atoms with Crippen LogP contribution in [0.3, 0.4) is 0 Å². The Morgan fingerprint density at radius 2 is 1.71 bits per heavy atom. The van der Waals surface area contributed by atoms with Crippen LogP contribution in [0, 0.1) is 5.92 Å². The highest BCUT2D eigenvalue weighted by molar-refractivity contribution is 5.86. The van der Waals surface area contributed by atoms with E-state index in [0.717, 1.165) is 17.5 Å². The SMILES string of the molecule is CC(C)CCNC(=O)[C@H](Cc1ccccc1)N(Cc1ccncc1)C(=O)O.Cl. The molecule has 1 heterocycles. The van der Waals surface area contributed by atoms with Crippen molar-refractivity contribution in [2.75, 3.05) is 6.54 Å². The second-order valence-corrected chi connectivity index (χ2v) is 6.95. The normalized spacial score (nSPS) is 11.4. The number of rotatable bonds is 9. The van der Waals surface area contributed by atoms with E-state index in [4.69, 9.17) is 0 Å². The molecular weight excluding hydrogens is 378 g/mol. The van der Waals surface area contributed by atoms with Crippen molar-refractivity contribution in [1.29, 1.82) is 0 Å². The molecule has 7 heteroatoms. The van der Waals surface area contributed by atoms with Crippen molar-refractivity contribution in [1.82, 2.24) is 15.2 Å². The minimum atomic E-state index is -1.12. The maximum Gasteiger partial charge on any atom is 0.408 e. The largest absolute Gasteiger partial charge is 0.465 e. The number of nitrogens with zero attached hydrogens (tertiary/aromatic N) is 2. The monoisotopic (exact) mass is 405 g/mol. The number of aromatic nitrogens is 1. The molecule has 1 aromatic carbocycles. The first-order valence-corrected chi connectivity index (χ1v) is 9.17. The third-order valence-electron chi connectivity index (χ3n) is 4.32. The highest BCUT2D eigenvalue weighted by Gasteiger charge is 2.30. The van der Waals surface area contributed by atoms with E-state index in [9.17, 15) is 14.7 Å². The molecule has 1 atom stereocenters. The van der Waals surface area contributed by atoms with Gasteiger partial charge in [-0.25, -0.2) is 4.79 Å². The fourth-order valence-electron chi connectivity index (χ4n) is 2.78. The summed E-state index contributed by atoms with van der Waals surface area (Å²) in [7, 11) is 0. The number of amides is 2. The molecule has 2 rings (SSSR count). The summed E-state index contributed by atoms with van der Waals surface area (Å²) >= 11 is 0. The Morgan fingerprint density at radius 1 is 1.07 bits per heavy atom. The van der Waals surface area contributed by atoms with Crippen LogP contribution >= 0.6 is 12.4 Å². The molecule has 0 fully saturated rings. The van der Waals surface area contributed by atoms with E-state index in [1.54, 1.807) is 24.5 Å². The summed E-state index contributed by atoms with van der Waals surface area (Å²) in [6.07, 6.45) is 3.29. The Balaban J connectivity index is 0.00000392. The summed E-state index contributed by atoms with van der Waals surface area (Å²) < 4.78 is 0. The van der Waals surface area contributed by atoms with Crippen LogP contribution in [0.2, 0.25) is 0 Å². The Morgan fingerprint density at radius 3 is 2.29 bits per heavy atom. The first-order valence-electron chi connectivity index (χ1n) is 9.17. The maximum absolute atomic E-state index is 12.8. The highest BCUT2D eigenvalue weighted by atomic mass is 35.5. The lowest BCUT2D eigenvalue weighted by atomic mass is 10.0. The van der Waals surface area contributed by atoms with E-state index in [1.165, 1.54) is 4.90 Å². The zero-order valence-electron chi connectivity index (χ0n) is 16.2. The van der Waals surface area contributed by atoms with Gasteiger partial charge in [-0.15, -0.1) is 12.4 Å².